The molecule has 0 amide bonds. The Morgan fingerprint density at radius 2 is 2.17 bits per heavy atom. The zero-order chi connectivity index (χ0) is 13.3. The number of nitro benzene ring substituents is 1. The first-order chi connectivity index (χ1) is 8.50. The van der Waals surface area contributed by atoms with Crippen molar-refractivity contribution in [2.45, 2.75) is 19.8 Å². The molecular weight excluding hydrogens is 256 g/mol. The Labute approximate surface area is 108 Å². The van der Waals surface area contributed by atoms with Crippen LogP contribution < -0.4 is 0 Å². The number of halogens is 1. The van der Waals surface area contributed by atoms with Gasteiger partial charge in [0.1, 0.15) is 5.69 Å². The minimum absolute atomic E-state index is 0.0493. The summed E-state index contributed by atoms with van der Waals surface area (Å²) in [5.74, 6) is 0.151. The predicted octanol–water partition coefficient (Wildman–Crippen LogP) is 2.95. The third-order valence-electron chi connectivity index (χ3n) is 2.53. The molecule has 2 aromatic rings. The highest BCUT2D eigenvalue weighted by molar-refractivity contribution is 6.30. The zero-order valence-electron chi connectivity index (χ0n) is 9.87. The molecule has 0 spiro atoms. The van der Waals surface area contributed by atoms with Gasteiger partial charge in [-0.25, -0.2) is 4.68 Å². The van der Waals surface area contributed by atoms with Gasteiger partial charge in [0.2, 0.25) is 0 Å². The lowest BCUT2D eigenvalue weighted by molar-refractivity contribution is -0.384. The summed E-state index contributed by atoms with van der Waals surface area (Å²) in [6.07, 6.45) is 1.59. The van der Waals surface area contributed by atoms with Gasteiger partial charge in [0, 0.05) is 11.1 Å². The van der Waals surface area contributed by atoms with Gasteiger partial charge >= 0.3 is 0 Å². The first kappa shape index (κ1) is 12.5. The maximum Gasteiger partial charge on any atom is 0.295 e. The molecule has 0 unspecified atom stereocenters. The summed E-state index contributed by atoms with van der Waals surface area (Å²) < 4.78 is 1.45. The Kier molecular flexibility index (Phi) is 3.29. The van der Waals surface area contributed by atoms with Crippen LogP contribution in [0.3, 0.4) is 0 Å². The number of rotatable bonds is 3. The largest absolute Gasteiger partial charge is 0.295 e. The molecule has 18 heavy (non-hydrogen) atoms. The van der Waals surface area contributed by atoms with E-state index in [2.05, 4.69) is 10.3 Å². The van der Waals surface area contributed by atoms with E-state index in [4.69, 9.17) is 11.6 Å². The van der Waals surface area contributed by atoms with Gasteiger partial charge in [-0.15, -0.1) is 5.10 Å². The van der Waals surface area contributed by atoms with Gasteiger partial charge in [-0.05, 0) is 18.1 Å². The summed E-state index contributed by atoms with van der Waals surface area (Å²) in [6, 6.07) is 4.36. The van der Waals surface area contributed by atoms with Crippen LogP contribution in [0.4, 0.5) is 5.69 Å². The normalized spacial score (nSPS) is 10.9. The van der Waals surface area contributed by atoms with Gasteiger partial charge in [0.15, 0.2) is 0 Å². The van der Waals surface area contributed by atoms with Crippen molar-refractivity contribution in [3.05, 3.63) is 45.2 Å². The van der Waals surface area contributed by atoms with Crippen molar-refractivity contribution >= 4 is 17.3 Å². The fourth-order valence-electron chi connectivity index (χ4n) is 1.64. The summed E-state index contributed by atoms with van der Waals surface area (Å²) in [5.41, 5.74) is 1.07. The molecule has 0 radical (unpaired) electrons. The quantitative estimate of drug-likeness (QED) is 0.632. The minimum Gasteiger partial charge on any atom is -0.258 e. The summed E-state index contributed by atoms with van der Waals surface area (Å²) in [6.45, 7) is 3.93. The Hall–Kier alpha value is -1.95. The second-order valence-corrected chi connectivity index (χ2v) is 4.55. The Balaban J connectivity index is 2.66. The number of hydrogen-bond acceptors (Lipinski definition) is 4. The molecule has 0 fully saturated rings. The van der Waals surface area contributed by atoms with Crippen LogP contribution in [0.5, 0.6) is 0 Å². The SMILES string of the molecule is CC(C)c1cnnn1-c1cc(Cl)ccc1[N+](=O)[O-]. The van der Waals surface area contributed by atoms with Crippen LogP contribution in [-0.2, 0) is 0 Å². The van der Waals surface area contributed by atoms with Crippen LogP contribution in [0.1, 0.15) is 25.5 Å². The van der Waals surface area contributed by atoms with E-state index in [9.17, 15) is 10.1 Å². The second-order valence-electron chi connectivity index (χ2n) is 4.12. The first-order valence-corrected chi connectivity index (χ1v) is 5.73. The molecule has 6 nitrogen and oxygen atoms in total. The standard InChI is InChI=1S/C11H11ClN4O2/c1-7(2)11-6-13-14-15(11)10-5-8(12)3-4-9(10)16(17)18/h3-7H,1-2H3. The average Bonchev–Trinajstić information content (AvgIpc) is 2.77. The van der Waals surface area contributed by atoms with Crippen LogP contribution in [0.2, 0.25) is 5.02 Å². The fraction of sp³-hybridized carbons (Fsp3) is 0.273. The number of hydrogen-bond donors (Lipinski definition) is 0. The molecular formula is C11H11ClN4O2. The van der Waals surface area contributed by atoms with E-state index in [1.807, 2.05) is 13.8 Å². The van der Waals surface area contributed by atoms with E-state index >= 15 is 0 Å². The van der Waals surface area contributed by atoms with Gasteiger partial charge in [-0.3, -0.25) is 10.1 Å². The van der Waals surface area contributed by atoms with Crippen LogP contribution in [0.25, 0.3) is 5.69 Å². The van der Waals surface area contributed by atoms with Gasteiger partial charge in [0.25, 0.3) is 5.69 Å². The monoisotopic (exact) mass is 266 g/mol. The minimum atomic E-state index is -0.461. The van der Waals surface area contributed by atoms with Crippen LogP contribution >= 0.6 is 11.6 Å². The lowest BCUT2D eigenvalue weighted by atomic mass is 10.1. The molecule has 0 aliphatic rings. The highest BCUT2D eigenvalue weighted by atomic mass is 35.5. The maximum atomic E-state index is 11.0. The summed E-state index contributed by atoms with van der Waals surface area (Å²) >= 11 is 5.89. The van der Waals surface area contributed by atoms with Crippen LogP contribution in [-0.4, -0.2) is 19.9 Å². The molecule has 2 rings (SSSR count). The summed E-state index contributed by atoms with van der Waals surface area (Å²) in [5, 5.41) is 19.1. The van der Waals surface area contributed by atoms with Crippen molar-refractivity contribution in [2.24, 2.45) is 0 Å². The number of nitrogens with zero attached hydrogens (tertiary/aromatic N) is 4. The molecule has 94 valence electrons. The summed E-state index contributed by atoms with van der Waals surface area (Å²) in [4.78, 5) is 10.5. The molecule has 0 N–H and O–H groups in total. The lowest BCUT2D eigenvalue weighted by Gasteiger charge is -2.09. The van der Waals surface area contributed by atoms with E-state index < -0.39 is 4.92 Å². The Morgan fingerprint density at radius 1 is 1.44 bits per heavy atom. The smallest absolute Gasteiger partial charge is 0.258 e. The molecule has 1 heterocycles. The maximum absolute atomic E-state index is 11.0. The lowest BCUT2D eigenvalue weighted by Crippen LogP contribution is -2.06. The molecule has 0 saturated heterocycles. The molecule has 1 aromatic heterocycles. The third-order valence-corrected chi connectivity index (χ3v) is 2.76. The van der Waals surface area contributed by atoms with E-state index in [0.29, 0.717) is 10.7 Å². The highest BCUT2D eigenvalue weighted by Gasteiger charge is 2.20. The van der Waals surface area contributed by atoms with Crippen molar-refractivity contribution in [3.8, 4) is 5.69 Å². The molecule has 1 aromatic carbocycles. The highest BCUT2D eigenvalue weighted by Crippen LogP contribution is 2.28. The molecule has 0 aliphatic heterocycles. The molecule has 0 atom stereocenters. The Morgan fingerprint density at radius 3 is 2.78 bits per heavy atom. The van der Waals surface area contributed by atoms with Crippen molar-refractivity contribution in [3.63, 3.8) is 0 Å². The molecule has 0 saturated carbocycles. The second kappa shape index (κ2) is 4.73. The van der Waals surface area contributed by atoms with Crippen molar-refractivity contribution in [1.82, 2.24) is 15.0 Å². The van der Waals surface area contributed by atoms with Crippen molar-refractivity contribution in [2.75, 3.05) is 0 Å². The summed E-state index contributed by atoms with van der Waals surface area (Å²) in [7, 11) is 0. The van der Waals surface area contributed by atoms with Gasteiger partial charge in [0.05, 0.1) is 16.8 Å². The number of benzene rings is 1. The van der Waals surface area contributed by atoms with Gasteiger partial charge in [-0.2, -0.15) is 0 Å². The van der Waals surface area contributed by atoms with E-state index in [1.165, 1.54) is 22.9 Å². The molecule has 0 bridgehead atoms. The van der Waals surface area contributed by atoms with Crippen LogP contribution in [0, 0.1) is 10.1 Å². The van der Waals surface area contributed by atoms with Gasteiger partial charge < -0.3 is 0 Å². The van der Waals surface area contributed by atoms with E-state index in [1.54, 1.807) is 6.20 Å². The zero-order valence-corrected chi connectivity index (χ0v) is 10.6. The van der Waals surface area contributed by atoms with Gasteiger partial charge in [-0.1, -0.05) is 30.7 Å². The van der Waals surface area contributed by atoms with E-state index in [-0.39, 0.29) is 11.6 Å². The third kappa shape index (κ3) is 2.19. The first-order valence-electron chi connectivity index (χ1n) is 5.35. The average molecular weight is 267 g/mol. The molecule has 7 heteroatoms. The van der Waals surface area contributed by atoms with Crippen LogP contribution in [0.15, 0.2) is 24.4 Å². The predicted molar refractivity (Wildman–Crippen MR) is 67.1 cm³/mol. The van der Waals surface area contributed by atoms with Crippen molar-refractivity contribution in [1.29, 1.82) is 0 Å². The number of nitro groups is 1. The number of aromatic nitrogens is 3. The molecule has 0 aliphatic carbocycles. The fourth-order valence-corrected chi connectivity index (χ4v) is 1.81. The van der Waals surface area contributed by atoms with E-state index in [0.717, 1.165) is 5.69 Å². The Bertz CT molecular complexity index is 594. The van der Waals surface area contributed by atoms with Crippen molar-refractivity contribution < 1.29 is 4.92 Å². The topological polar surface area (TPSA) is 73.8 Å².